The van der Waals surface area contributed by atoms with Gasteiger partial charge in [-0.1, -0.05) is 12.1 Å². The number of hydrogen-bond donors (Lipinski definition) is 3. The van der Waals surface area contributed by atoms with Gasteiger partial charge >= 0.3 is 0 Å². The number of aromatic nitrogens is 3. The molecule has 0 aliphatic carbocycles. The number of para-hydroxylation sites is 2. The predicted molar refractivity (Wildman–Crippen MR) is 82.4 cm³/mol. The third kappa shape index (κ3) is 2.84. The molecular weight excluding hydrogens is 266 g/mol. The Labute approximate surface area is 121 Å². The zero-order chi connectivity index (χ0) is 14.7. The van der Waals surface area contributed by atoms with E-state index in [4.69, 9.17) is 0 Å². The molecule has 0 aliphatic rings. The highest BCUT2D eigenvalue weighted by Crippen LogP contribution is 2.14. The molecule has 6 nitrogen and oxygen atoms in total. The molecule has 3 rings (SSSR count). The summed E-state index contributed by atoms with van der Waals surface area (Å²) in [6.07, 6.45) is 1.54. The summed E-state index contributed by atoms with van der Waals surface area (Å²) in [5.41, 5.74) is 2.18. The molecule has 1 amide bonds. The van der Waals surface area contributed by atoms with Crippen LogP contribution in [0, 0.1) is 0 Å². The number of benzene rings is 1. The Kier molecular flexibility index (Phi) is 3.51. The number of hydrogen-bond acceptors (Lipinski definition) is 4. The maximum Gasteiger partial charge on any atom is 0.259 e. The minimum Gasteiger partial charge on any atom is -0.370 e. The van der Waals surface area contributed by atoms with Crippen LogP contribution >= 0.6 is 0 Å². The van der Waals surface area contributed by atoms with Gasteiger partial charge in [-0.05, 0) is 31.2 Å². The number of rotatable bonds is 4. The minimum atomic E-state index is -0.246. The lowest BCUT2D eigenvalue weighted by Gasteiger charge is -2.04. The van der Waals surface area contributed by atoms with Gasteiger partial charge in [0.15, 0.2) is 0 Å². The molecule has 0 atom stereocenters. The molecule has 106 valence electrons. The van der Waals surface area contributed by atoms with Gasteiger partial charge in [0.25, 0.3) is 5.91 Å². The summed E-state index contributed by atoms with van der Waals surface area (Å²) in [6, 6.07) is 11.1. The molecule has 0 spiro atoms. The maximum absolute atomic E-state index is 12.1. The number of carbonyl (C=O) groups excluding carboxylic acids is 1. The van der Waals surface area contributed by atoms with Crippen molar-refractivity contribution in [3.8, 4) is 0 Å². The Hall–Kier alpha value is -2.89. The van der Waals surface area contributed by atoms with Crippen molar-refractivity contribution in [3.05, 3.63) is 48.2 Å². The van der Waals surface area contributed by atoms with Gasteiger partial charge in [0.05, 0.1) is 16.6 Å². The summed E-state index contributed by atoms with van der Waals surface area (Å²) >= 11 is 0. The van der Waals surface area contributed by atoms with Crippen molar-refractivity contribution in [2.24, 2.45) is 0 Å². The van der Waals surface area contributed by atoms with E-state index < -0.39 is 0 Å². The molecule has 0 bridgehead atoms. The average molecular weight is 281 g/mol. The third-order valence-electron chi connectivity index (χ3n) is 3.00. The minimum absolute atomic E-state index is 0.246. The maximum atomic E-state index is 12.1. The van der Waals surface area contributed by atoms with Crippen molar-refractivity contribution in [2.75, 3.05) is 17.2 Å². The zero-order valence-electron chi connectivity index (χ0n) is 11.6. The number of anilines is 2. The number of imidazole rings is 1. The molecule has 0 unspecified atom stereocenters. The second-order valence-electron chi connectivity index (χ2n) is 4.52. The van der Waals surface area contributed by atoms with Crippen molar-refractivity contribution in [1.82, 2.24) is 15.0 Å². The normalized spacial score (nSPS) is 10.5. The Balaban J connectivity index is 1.76. The van der Waals surface area contributed by atoms with Crippen LogP contribution in [0.2, 0.25) is 0 Å². The molecule has 0 saturated heterocycles. The number of aromatic amines is 1. The summed E-state index contributed by atoms with van der Waals surface area (Å²) < 4.78 is 0. The first-order valence-electron chi connectivity index (χ1n) is 6.72. The topological polar surface area (TPSA) is 82.7 Å². The van der Waals surface area contributed by atoms with E-state index in [0.717, 1.165) is 23.4 Å². The van der Waals surface area contributed by atoms with E-state index in [1.165, 1.54) is 6.20 Å². The van der Waals surface area contributed by atoms with E-state index in [2.05, 4.69) is 25.6 Å². The third-order valence-corrected chi connectivity index (χ3v) is 3.00. The molecule has 3 N–H and O–H groups in total. The molecular formula is C15H15N5O. The van der Waals surface area contributed by atoms with Crippen molar-refractivity contribution in [3.63, 3.8) is 0 Å². The van der Waals surface area contributed by atoms with Crippen molar-refractivity contribution in [1.29, 1.82) is 0 Å². The molecule has 0 aliphatic heterocycles. The average Bonchev–Trinajstić information content (AvgIpc) is 2.90. The zero-order valence-corrected chi connectivity index (χ0v) is 11.6. The van der Waals surface area contributed by atoms with Crippen LogP contribution < -0.4 is 10.6 Å². The van der Waals surface area contributed by atoms with E-state index in [9.17, 15) is 4.79 Å². The van der Waals surface area contributed by atoms with Gasteiger partial charge in [0.2, 0.25) is 5.95 Å². The summed E-state index contributed by atoms with van der Waals surface area (Å²) in [5, 5.41) is 5.81. The van der Waals surface area contributed by atoms with E-state index in [1.807, 2.05) is 31.2 Å². The Bertz CT molecular complexity index is 730. The molecule has 21 heavy (non-hydrogen) atoms. The van der Waals surface area contributed by atoms with Gasteiger partial charge in [-0.3, -0.25) is 10.1 Å². The van der Waals surface area contributed by atoms with Crippen LogP contribution in [0.25, 0.3) is 11.0 Å². The SMILES string of the molecule is CCNc1ccc(C(=O)Nc2nc3ccccc3[nH]2)cn1. The number of fused-ring (bicyclic) bond motifs is 1. The Morgan fingerprint density at radius 2 is 2.10 bits per heavy atom. The second-order valence-corrected chi connectivity index (χ2v) is 4.52. The van der Waals surface area contributed by atoms with Crippen molar-refractivity contribution < 1.29 is 4.79 Å². The molecule has 2 heterocycles. The van der Waals surface area contributed by atoms with Crippen LogP contribution in [0.4, 0.5) is 11.8 Å². The summed E-state index contributed by atoms with van der Waals surface area (Å²) in [4.78, 5) is 23.7. The van der Waals surface area contributed by atoms with Crippen molar-refractivity contribution >= 4 is 28.7 Å². The molecule has 0 radical (unpaired) electrons. The highest BCUT2D eigenvalue weighted by atomic mass is 16.1. The summed E-state index contributed by atoms with van der Waals surface area (Å²) in [6.45, 7) is 2.78. The number of carbonyl (C=O) groups is 1. The van der Waals surface area contributed by atoms with E-state index in [0.29, 0.717) is 11.5 Å². The molecule has 1 aromatic carbocycles. The van der Waals surface area contributed by atoms with Crippen LogP contribution in [0.1, 0.15) is 17.3 Å². The number of amides is 1. The van der Waals surface area contributed by atoms with Crippen LogP contribution in [-0.4, -0.2) is 27.4 Å². The van der Waals surface area contributed by atoms with Crippen LogP contribution in [-0.2, 0) is 0 Å². The quantitative estimate of drug-likeness (QED) is 0.686. The molecule has 0 saturated carbocycles. The van der Waals surface area contributed by atoms with E-state index in [1.54, 1.807) is 12.1 Å². The van der Waals surface area contributed by atoms with E-state index >= 15 is 0 Å². The van der Waals surface area contributed by atoms with Crippen LogP contribution in [0.3, 0.4) is 0 Å². The monoisotopic (exact) mass is 281 g/mol. The number of pyridine rings is 1. The fraction of sp³-hybridized carbons (Fsp3) is 0.133. The standard InChI is InChI=1S/C15H15N5O/c1-2-16-13-8-7-10(9-17-13)14(21)20-15-18-11-5-3-4-6-12(11)19-15/h3-9H,2H2,1H3,(H,16,17)(H2,18,19,20,21). The number of nitrogens with one attached hydrogen (secondary N) is 3. The molecule has 3 aromatic rings. The highest BCUT2D eigenvalue weighted by molar-refractivity contribution is 6.03. The van der Waals surface area contributed by atoms with Crippen LogP contribution in [0.5, 0.6) is 0 Å². The Morgan fingerprint density at radius 3 is 2.81 bits per heavy atom. The van der Waals surface area contributed by atoms with Gasteiger partial charge in [-0.15, -0.1) is 0 Å². The van der Waals surface area contributed by atoms with Crippen molar-refractivity contribution in [2.45, 2.75) is 6.92 Å². The van der Waals surface area contributed by atoms with Gasteiger partial charge in [-0.2, -0.15) is 0 Å². The fourth-order valence-corrected chi connectivity index (χ4v) is 2.01. The van der Waals surface area contributed by atoms with Crippen LogP contribution in [0.15, 0.2) is 42.6 Å². The van der Waals surface area contributed by atoms with Gasteiger partial charge in [0, 0.05) is 12.7 Å². The number of H-pyrrole nitrogens is 1. The van der Waals surface area contributed by atoms with E-state index in [-0.39, 0.29) is 5.91 Å². The first-order valence-corrected chi connectivity index (χ1v) is 6.72. The molecule has 0 fully saturated rings. The van der Waals surface area contributed by atoms with Gasteiger partial charge in [-0.25, -0.2) is 9.97 Å². The lowest BCUT2D eigenvalue weighted by Crippen LogP contribution is -2.13. The highest BCUT2D eigenvalue weighted by Gasteiger charge is 2.09. The van der Waals surface area contributed by atoms with Gasteiger partial charge in [0.1, 0.15) is 5.82 Å². The fourth-order valence-electron chi connectivity index (χ4n) is 2.01. The lowest BCUT2D eigenvalue weighted by molar-refractivity contribution is 0.102. The largest absolute Gasteiger partial charge is 0.370 e. The van der Waals surface area contributed by atoms with Gasteiger partial charge < -0.3 is 10.3 Å². The summed E-state index contributed by atoms with van der Waals surface area (Å²) in [7, 11) is 0. The smallest absolute Gasteiger partial charge is 0.259 e. The molecule has 6 heteroatoms. The first-order chi connectivity index (χ1) is 10.3. The predicted octanol–water partition coefficient (Wildman–Crippen LogP) is 2.64. The lowest BCUT2D eigenvalue weighted by atomic mass is 10.2. The first kappa shape index (κ1) is 13.1. The number of nitrogens with zero attached hydrogens (tertiary/aromatic N) is 2. The molecule has 2 aromatic heterocycles. The Morgan fingerprint density at radius 1 is 1.24 bits per heavy atom. The summed E-state index contributed by atoms with van der Waals surface area (Å²) in [5.74, 6) is 0.930. The second kappa shape index (κ2) is 5.62.